The first-order valence-electron chi connectivity index (χ1n) is 13.2. The molecule has 1 aromatic heterocycles. The van der Waals surface area contributed by atoms with Crippen LogP contribution in [0.1, 0.15) is 71.8 Å². The first-order chi connectivity index (χ1) is 18.7. The van der Waals surface area contributed by atoms with Crippen molar-refractivity contribution >= 4 is 17.7 Å². The standard InChI is InChI=1S/C27H28F3N5O4/c28-27(29,30)17-10-31-24(32-11-17)16-12-34(13-16)20-3-1-2-4-22(20)39-18-5-6-19-15(9-18)14-35(26(19)38)21-7-8-23(36)33-25(21)37/h5-6,9-11,16,20-22H,1-4,7-8,12-14H2,(H,33,36,37)/t20-,21-,22+/m1/s1. The first-order valence-corrected chi connectivity index (χ1v) is 13.2. The van der Waals surface area contributed by atoms with Gasteiger partial charge in [0, 0.05) is 56.0 Å². The van der Waals surface area contributed by atoms with Crippen LogP contribution in [0.25, 0.3) is 0 Å². The summed E-state index contributed by atoms with van der Waals surface area (Å²) in [6, 6.07) is 4.88. The first kappa shape index (κ1) is 25.7. The van der Waals surface area contributed by atoms with Crippen molar-refractivity contribution in [2.75, 3.05) is 13.1 Å². The minimum atomic E-state index is -4.45. The molecule has 3 amide bonds. The fraction of sp³-hybridized carbons (Fsp3) is 0.519. The molecule has 39 heavy (non-hydrogen) atoms. The molecule has 2 aromatic rings. The SMILES string of the molecule is O=C1CC[C@@H](N2Cc3cc(O[C@H]4CCCC[C@H]4N4CC(c5ncc(C(F)(F)F)cn5)C4)ccc3C2=O)C(=O)N1. The van der Waals surface area contributed by atoms with Crippen molar-refractivity contribution < 1.29 is 32.3 Å². The number of fused-ring (bicyclic) bond motifs is 1. The predicted octanol–water partition coefficient (Wildman–Crippen LogP) is 3.05. The summed E-state index contributed by atoms with van der Waals surface area (Å²) in [6.45, 7) is 1.61. The van der Waals surface area contributed by atoms with E-state index in [-0.39, 0.29) is 42.8 Å². The number of nitrogens with one attached hydrogen (secondary N) is 1. The van der Waals surface area contributed by atoms with Gasteiger partial charge >= 0.3 is 6.18 Å². The number of hydrogen-bond acceptors (Lipinski definition) is 7. The number of benzene rings is 1. The highest BCUT2D eigenvalue weighted by atomic mass is 19.4. The zero-order chi connectivity index (χ0) is 27.3. The lowest BCUT2D eigenvalue weighted by molar-refractivity contribution is -0.138. The number of carbonyl (C=O) groups excluding carboxylic acids is 3. The second kappa shape index (κ2) is 9.89. The molecule has 3 aliphatic heterocycles. The maximum atomic E-state index is 13.0. The van der Waals surface area contributed by atoms with Gasteiger partial charge in [-0.05, 0) is 49.4 Å². The molecule has 4 aliphatic rings. The Morgan fingerprint density at radius 1 is 1.00 bits per heavy atom. The van der Waals surface area contributed by atoms with Gasteiger partial charge in [0.1, 0.15) is 23.7 Å². The quantitative estimate of drug-likeness (QED) is 0.578. The maximum absolute atomic E-state index is 13.0. The van der Waals surface area contributed by atoms with E-state index in [0.717, 1.165) is 43.6 Å². The van der Waals surface area contributed by atoms with E-state index >= 15 is 0 Å². The van der Waals surface area contributed by atoms with Crippen molar-refractivity contribution in [1.82, 2.24) is 25.1 Å². The number of rotatable bonds is 5. The van der Waals surface area contributed by atoms with Crippen LogP contribution in [0, 0.1) is 0 Å². The number of likely N-dealkylation sites (tertiary alicyclic amines) is 1. The number of ether oxygens (including phenoxy) is 1. The molecular weight excluding hydrogens is 515 g/mol. The van der Waals surface area contributed by atoms with Crippen molar-refractivity contribution in [3.05, 3.63) is 53.1 Å². The monoisotopic (exact) mass is 543 g/mol. The van der Waals surface area contributed by atoms with Crippen LogP contribution in [0.3, 0.4) is 0 Å². The van der Waals surface area contributed by atoms with Crippen LogP contribution in [-0.2, 0) is 22.3 Å². The summed E-state index contributed by atoms with van der Waals surface area (Å²) in [5.74, 6) is 0.0861. The van der Waals surface area contributed by atoms with Crippen LogP contribution in [0.5, 0.6) is 5.75 Å². The van der Waals surface area contributed by atoms with Crippen molar-refractivity contribution in [2.24, 2.45) is 0 Å². The van der Waals surface area contributed by atoms with E-state index in [1.54, 1.807) is 12.1 Å². The molecule has 1 aromatic carbocycles. The summed E-state index contributed by atoms with van der Waals surface area (Å²) in [5.41, 5.74) is 0.479. The Bertz CT molecular complexity index is 1300. The van der Waals surface area contributed by atoms with Gasteiger partial charge in [-0.15, -0.1) is 0 Å². The molecule has 0 radical (unpaired) electrons. The largest absolute Gasteiger partial charge is 0.489 e. The van der Waals surface area contributed by atoms with Crippen molar-refractivity contribution in [3.63, 3.8) is 0 Å². The van der Waals surface area contributed by atoms with Crippen molar-refractivity contribution in [1.29, 1.82) is 0 Å². The number of piperidine rings is 1. The van der Waals surface area contributed by atoms with E-state index in [4.69, 9.17) is 4.74 Å². The third-order valence-electron chi connectivity index (χ3n) is 8.19. The number of halogens is 3. The predicted molar refractivity (Wildman–Crippen MR) is 131 cm³/mol. The Morgan fingerprint density at radius 2 is 1.74 bits per heavy atom. The molecule has 0 spiro atoms. The Balaban J connectivity index is 1.09. The molecule has 3 atom stereocenters. The number of carbonyl (C=O) groups is 3. The van der Waals surface area contributed by atoms with E-state index in [9.17, 15) is 27.6 Å². The number of alkyl halides is 3. The number of nitrogens with zero attached hydrogens (tertiary/aromatic N) is 4. The molecule has 1 aliphatic carbocycles. The fourth-order valence-electron chi connectivity index (χ4n) is 6.07. The third-order valence-corrected chi connectivity index (χ3v) is 8.19. The number of amides is 3. The smallest absolute Gasteiger partial charge is 0.419 e. The third kappa shape index (κ3) is 4.97. The summed E-state index contributed by atoms with van der Waals surface area (Å²) in [7, 11) is 0. The molecular formula is C27H28F3N5O4. The van der Waals surface area contributed by atoms with Crippen LogP contribution < -0.4 is 10.1 Å². The van der Waals surface area contributed by atoms with Gasteiger partial charge in [-0.1, -0.05) is 6.42 Å². The summed E-state index contributed by atoms with van der Waals surface area (Å²) >= 11 is 0. The highest BCUT2D eigenvalue weighted by molar-refractivity contribution is 6.05. The number of aromatic nitrogens is 2. The second-order valence-corrected chi connectivity index (χ2v) is 10.7. The van der Waals surface area contributed by atoms with E-state index in [1.165, 1.54) is 4.90 Å². The van der Waals surface area contributed by atoms with Gasteiger partial charge in [-0.25, -0.2) is 9.97 Å². The maximum Gasteiger partial charge on any atom is 0.419 e. The van der Waals surface area contributed by atoms with Gasteiger partial charge in [0.05, 0.1) is 5.56 Å². The average Bonchev–Trinajstić information content (AvgIpc) is 3.19. The van der Waals surface area contributed by atoms with Gasteiger partial charge in [0.15, 0.2) is 0 Å². The molecule has 2 saturated heterocycles. The average molecular weight is 544 g/mol. The molecule has 9 nitrogen and oxygen atoms in total. The molecule has 0 unspecified atom stereocenters. The summed E-state index contributed by atoms with van der Waals surface area (Å²) in [6.07, 6.45) is 1.63. The lowest BCUT2D eigenvalue weighted by Crippen LogP contribution is -2.57. The van der Waals surface area contributed by atoms with E-state index < -0.39 is 23.7 Å². The summed E-state index contributed by atoms with van der Waals surface area (Å²) in [5, 5.41) is 2.31. The molecule has 206 valence electrons. The van der Waals surface area contributed by atoms with Crippen molar-refractivity contribution in [3.8, 4) is 5.75 Å². The Hall–Kier alpha value is -3.54. The van der Waals surface area contributed by atoms with Crippen LogP contribution >= 0.6 is 0 Å². The van der Waals surface area contributed by atoms with Crippen molar-refractivity contribution in [2.45, 2.75) is 75.4 Å². The molecule has 4 heterocycles. The topological polar surface area (TPSA) is 105 Å². The fourth-order valence-corrected chi connectivity index (χ4v) is 6.07. The minimum Gasteiger partial charge on any atom is -0.489 e. The highest BCUT2D eigenvalue weighted by Gasteiger charge is 2.42. The van der Waals surface area contributed by atoms with E-state index in [2.05, 4.69) is 20.2 Å². The summed E-state index contributed by atoms with van der Waals surface area (Å²) < 4.78 is 44.9. The van der Waals surface area contributed by atoms with Gasteiger partial charge in [0.2, 0.25) is 11.8 Å². The Morgan fingerprint density at radius 3 is 2.46 bits per heavy atom. The summed E-state index contributed by atoms with van der Waals surface area (Å²) in [4.78, 5) is 48.5. The second-order valence-electron chi connectivity index (χ2n) is 10.7. The highest BCUT2D eigenvalue weighted by Crippen LogP contribution is 2.36. The minimum absolute atomic E-state index is 0.0147. The number of imide groups is 1. The van der Waals surface area contributed by atoms with Crippen LogP contribution in [0.4, 0.5) is 13.2 Å². The molecule has 1 saturated carbocycles. The van der Waals surface area contributed by atoms with Gasteiger partial charge < -0.3 is 9.64 Å². The van der Waals surface area contributed by atoms with Crippen LogP contribution in [0.15, 0.2) is 30.6 Å². The zero-order valence-corrected chi connectivity index (χ0v) is 21.1. The lowest BCUT2D eigenvalue weighted by Gasteiger charge is -2.47. The van der Waals surface area contributed by atoms with E-state index in [1.807, 2.05) is 6.07 Å². The molecule has 3 fully saturated rings. The van der Waals surface area contributed by atoms with E-state index in [0.29, 0.717) is 36.6 Å². The van der Waals surface area contributed by atoms with Gasteiger partial charge in [-0.3, -0.25) is 24.6 Å². The van der Waals surface area contributed by atoms with Crippen LogP contribution in [-0.4, -0.2) is 68.8 Å². The van der Waals surface area contributed by atoms with Crippen LogP contribution in [0.2, 0.25) is 0 Å². The Labute approximate surface area is 222 Å². The molecule has 0 bridgehead atoms. The molecule has 6 rings (SSSR count). The Kier molecular flexibility index (Phi) is 6.52. The van der Waals surface area contributed by atoms with Gasteiger partial charge in [-0.2, -0.15) is 13.2 Å². The van der Waals surface area contributed by atoms with Gasteiger partial charge in [0.25, 0.3) is 5.91 Å². The molecule has 12 heteroatoms. The lowest BCUT2D eigenvalue weighted by atomic mass is 9.86. The molecule has 1 N–H and O–H groups in total. The normalized spacial score (nSPS) is 26.3. The number of hydrogen-bond donors (Lipinski definition) is 1. The zero-order valence-electron chi connectivity index (χ0n) is 21.1.